The van der Waals surface area contributed by atoms with Crippen molar-refractivity contribution in [3.05, 3.63) is 52.2 Å². The number of hydrogen-bond acceptors (Lipinski definition) is 7. The molecule has 0 radical (unpaired) electrons. The second kappa shape index (κ2) is 10.1. The van der Waals surface area contributed by atoms with Crippen LogP contribution < -0.4 is 21.1 Å². The van der Waals surface area contributed by atoms with Crippen molar-refractivity contribution in [1.82, 2.24) is 15.4 Å². The second-order valence-corrected chi connectivity index (χ2v) is 8.54. The van der Waals surface area contributed by atoms with Crippen LogP contribution in [0.2, 0.25) is 0 Å². The highest BCUT2D eigenvalue weighted by molar-refractivity contribution is 7.89. The normalized spacial score (nSPS) is 12.2. The van der Waals surface area contributed by atoms with Crippen molar-refractivity contribution in [3.63, 3.8) is 0 Å². The molecule has 29 heavy (non-hydrogen) atoms. The Morgan fingerprint density at radius 1 is 1.00 bits per heavy atom. The summed E-state index contributed by atoms with van der Waals surface area (Å²) in [6.45, 7) is 0.0901. The Balaban J connectivity index is 2.00. The van der Waals surface area contributed by atoms with Gasteiger partial charge in [-0.1, -0.05) is 18.2 Å². The number of benzene rings is 1. The van der Waals surface area contributed by atoms with Crippen molar-refractivity contribution in [2.45, 2.75) is 10.9 Å². The number of thiophene rings is 1. The number of carbonyl (C=O) groups is 3. The second-order valence-electron chi connectivity index (χ2n) is 5.74. The van der Waals surface area contributed by atoms with E-state index in [0.29, 0.717) is 11.4 Å². The number of hydrogen-bond donors (Lipinski definition) is 5. The highest BCUT2D eigenvalue weighted by Gasteiger charge is 2.26. The SMILES string of the molecule is NCCNC(=O)c1ccc(C(=O)NC[C@H](NS(=O)(=O)c2ccccc2)C(=O)O)s1. The van der Waals surface area contributed by atoms with Crippen molar-refractivity contribution in [2.75, 3.05) is 19.6 Å². The lowest BCUT2D eigenvalue weighted by atomic mass is 10.3. The van der Waals surface area contributed by atoms with Gasteiger partial charge in [-0.3, -0.25) is 14.4 Å². The minimum absolute atomic E-state index is 0.0935. The van der Waals surface area contributed by atoms with Gasteiger partial charge in [-0.15, -0.1) is 11.3 Å². The van der Waals surface area contributed by atoms with Gasteiger partial charge in [-0.25, -0.2) is 8.42 Å². The standard InChI is InChI=1S/C17H20N4O6S2/c18-8-9-19-15(22)13-6-7-14(28-13)16(23)20-10-12(17(24)25)21-29(26,27)11-4-2-1-3-5-11/h1-7,12,21H,8-10,18H2,(H,19,22)(H,20,23)(H,24,25)/t12-/m0/s1. The Bertz CT molecular complexity index is 975. The number of nitrogens with two attached hydrogens (primary N) is 1. The molecule has 0 spiro atoms. The van der Waals surface area contributed by atoms with Crippen LogP contribution in [0, 0.1) is 0 Å². The summed E-state index contributed by atoms with van der Waals surface area (Å²) in [5.74, 6) is -2.45. The largest absolute Gasteiger partial charge is 0.480 e. The third-order valence-electron chi connectivity index (χ3n) is 3.60. The van der Waals surface area contributed by atoms with Crippen LogP contribution in [0.1, 0.15) is 19.3 Å². The predicted molar refractivity (Wildman–Crippen MR) is 106 cm³/mol. The maximum Gasteiger partial charge on any atom is 0.323 e. The van der Waals surface area contributed by atoms with Gasteiger partial charge < -0.3 is 21.5 Å². The Morgan fingerprint density at radius 2 is 1.59 bits per heavy atom. The van der Waals surface area contributed by atoms with Gasteiger partial charge in [0, 0.05) is 19.6 Å². The number of sulfonamides is 1. The average Bonchev–Trinajstić information content (AvgIpc) is 3.20. The molecule has 0 saturated carbocycles. The van der Waals surface area contributed by atoms with Crippen LogP contribution in [0.4, 0.5) is 0 Å². The lowest BCUT2D eigenvalue weighted by molar-refractivity contribution is -0.138. The molecule has 10 nitrogen and oxygen atoms in total. The molecular weight excluding hydrogens is 420 g/mol. The van der Waals surface area contributed by atoms with Crippen LogP contribution in [-0.2, 0) is 14.8 Å². The number of carboxylic acids is 1. The highest BCUT2D eigenvalue weighted by Crippen LogP contribution is 2.16. The third-order valence-corrected chi connectivity index (χ3v) is 6.17. The molecule has 6 N–H and O–H groups in total. The molecule has 1 aromatic heterocycles. The van der Waals surface area contributed by atoms with Gasteiger partial charge in [0.25, 0.3) is 11.8 Å². The number of nitrogens with one attached hydrogen (secondary N) is 3. The summed E-state index contributed by atoms with van der Waals surface area (Å²) in [6.07, 6.45) is 0. The van der Waals surface area contributed by atoms with Gasteiger partial charge in [-0.05, 0) is 24.3 Å². The first-order valence-electron chi connectivity index (χ1n) is 8.41. The van der Waals surface area contributed by atoms with Crippen molar-refractivity contribution in [1.29, 1.82) is 0 Å². The number of aliphatic carboxylic acids is 1. The van der Waals surface area contributed by atoms with E-state index in [1.807, 2.05) is 4.72 Å². The quantitative estimate of drug-likeness (QED) is 0.335. The molecule has 2 aromatic rings. The van der Waals surface area contributed by atoms with Crippen LogP contribution in [0.15, 0.2) is 47.4 Å². The van der Waals surface area contributed by atoms with Crippen molar-refractivity contribution in [2.24, 2.45) is 5.73 Å². The molecule has 1 atom stereocenters. The first kappa shape index (κ1) is 22.5. The number of carbonyl (C=O) groups excluding carboxylic acids is 2. The summed E-state index contributed by atoms with van der Waals surface area (Å²) in [4.78, 5) is 35.9. The van der Waals surface area contributed by atoms with Crippen LogP contribution in [0.25, 0.3) is 0 Å². The van der Waals surface area contributed by atoms with Gasteiger partial charge in [0.2, 0.25) is 10.0 Å². The number of carboxylic acid groups (broad SMARTS) is 1. The monoisotopic (exact) mass is 440 g/mol. The third kappa shape index (κ3) is 6.35. The van der Waals surface area contributed by atoms with Gasteiger partial charge in [0.05, 0.1) is 14.6 Å². The summed E-state index contributed by atoms with van der Waals surface area (Å²) < 4.78 is 26.6. The van der Waals surface area contributed by atoms with Gasteiger partial charge in [0.1, 0.15) is 6.04 Å². The summed E-state index contributed by atoms with van der Waals surface area (Å²) in [5, 5.41) is 14.2. The molecule has 1 aromatic carbocycles. The number of amides is 2. The molecule has 0 aliphatic rings. The Labute approximate surface area is 171 Å². The summed E-state index contributed by atoms with van der Waals surface area (Å²) in [5.41, 5.74) is 5.31. The van der Waals surface area contributed by atoms with Crippen LogP contribution in [0.3, 0.4) is 0 Å². The Hall–Kier alpha value is -2.80. The fraction of sp³-hybridized carbons (Fsp3) is 0.235. The lowest BCUT2D eigenvalue weighted by Crippen LogP contribution is -2.48. The molecule has 2 rings (SSSR count). The van der Waals surface area contributed by atoms with E-state index in [1.165, 1.54) is 36.4 Å². The van der Waals surface area contributed by atoms with Crippen molar-refractivity contribution < 1.29 is 27.9 Å². The van der Waals surface area contributed by atoms with Gasteiger partial charge >= 0.3 is 5.97 Å². The van der Waals surface area contributed by atoms with E-state index in [-0.39, 0.29) is 22.2 Å². The highest BCUT2D eigenvalue weighted by atomic mass is 32.2. The minimum atomic E-state index is -4.08. The molecule has 0 unspecified atom stereocenters. The van der Waals surface area contributed by atoms with Crippen LogP contribution in [0.5, 0.6) is 0 Å². The summed E-state index contributed by atoms with van der Waals surface area (Å²) in [7, 11) is -4.08. The van der Waals surface area contributed by atoms with Crippen molar-refractivity contribution in [3.8, 4) is 0 Å². The maximum atomic E-state index is 12.3. The first-order valence-corrected chi connectivity index (χ1v) is 10.7. The maximum absolute atomic E-state index is 12.3. The average molecular weight is 441 g/mol. The van der Waals surface area contributed by atoms with Crippen molar-refractivity contribution >= 4 is 39.1 Å². The predicted octanol–water partition coefficient (Wildman–Crippen LogP) is -0.402. The Morgan fingerprint density at radius 3 is 2.14 bits per heavy atom. The molecule has 0 fully saturated rings. The van der Waals surface area contributed by atoms with E-state index in [1.54, 1.807) is 6.07 Å². The summed E-state index contributed by atoms with van der Waals surface area (Å²) >= 11 is 0.919. The van der Waals surface area contributed by atoms with E-state index in [2.05, 4.69) is 10.6 Å². The molecule has 156 valence electrons. The van der Waals surface area contributed by atoms with Gasteiger partial charge in [0.15, 0.2) is 0 Å². The smallest absolute Gasteiger partial charge is 0.323 e. The fourth-order valence-electron chi connectivity index (χ4n) is 2.17. The van der Waals surface area contributed by atoms with E-state index in [9.17, 15) is 27.9 Å². The molecule has 0 aliphatic heterocycles. The van der Waals surface area contributed by atoms with E-state index in [0.717, 1.165) is 11.3 Å². The topological polar surface area (TPSA) is 168 Å². The zero-order valence-electron chi connectivity index (χ0n) is 15.1. The first-order chi connectivity index (χ1) is 13.7. The molecule has 0 saturated heterocycles. The van der Waals surface area contributed by atoms with E-state index < -0.39 is 34.5 Å². The van der Waals surface area contributed by atoms with E-state index >= 15 is 0 Å². The summed E-state index contributed by atoms with van der Waals surface area (Å²) in [6, 6.07) is 8.58. The van der Waals surface area contributed by atoms with Crippen LogP contribution in [-0.4, -0.2) is 57.0 Å². The fourth-order valence-corrected chi connectivity index (χ4v) is 4.22. The zero-order valence-corrected chi connectivity index (χ0v) is 16.8. The zero-order chi connectivity index (χ0) is 21.4. The van der Waals surface area contributed by atoms with Gasteiger partial charge in [-0.2, -0.15) is 4.72 Å². The molecule has 1 heterocycles. The minimum Gasteiger partial charge on any atom is -0.480 e. The molecule has 12 heteroatoms. The lowest BCUT2D eigenvalue weighted by Gasteiger charge is -2.15. The van der Waals surface area contributed by atoms with Crippen LogP contribution >= 0.6 is 11.3 Å². The van der Waals surface area contributed by atoms with E-state index in [4.69, 9.17) is 5.73 Å². The Kier molecular flexibility index (Phi) is 7.84. The molecule has 0 bridgehead atoms. The molecule has 2 amide bonds. The molecule has 0 aliphatic carbocycles. The molecular formula is C17H20N4O6S2. The number of rotatable bonds is 10.